The highest BCUT2D eigenvalue weighted by molar-refractivity contribution is 5.69. The summed E-state index contributed by atoms with van der Waals surface area (Å²) in [6, 6.07) is 14.6. The lowest BCUT2D eigenvalue weighted by Crippen LogP contribution is -2.08. The van der Waals surface area contributed by atoms with E-state index in [4.69, 9.17) is 9.47 Å². The van der Waals surface area contributed by atoms with E-state index in [9.17, 15) is 4.39 Å². The van der Waals surface area contributed by atoms with Gasteiger partial charge in [0.05, 0.1) is 19.9 Å². The fourth-order valence-corrected chi connectivity index (χ4v) is 3.06. The van der Waals surface area contributed by atoms with Gasteiger partial charge in [0.1, 0.15) is 5.82 Å². The Morgan fingerprint density at radius 3 is 2.61 bits per heavy atom. The van der Waals surface area contributed by atoms with Crippen molar-refractivity contribution in [2.45, 2.75) is 6.42 Å². The average Bonchev–Trinajstić information content (AvgIpc) is 3.34. The molecule has 31 heavy (non-hydrogen) atoms. The molecule has 0 aliphatic carbocycles. The van der Waals surface area contributed by atoms with Gasteiger partial charge in [-0.25, -0.2) is 4.39 Å². The number of benzene rings is 2. The summed E-state index contributed by atoms with van der Waals surface area (Å²) >= 11 is 0. The third kappa shape index (κ3) is 4.74. The molecule has 0 unspecified atom stereocenters. The van der Waals surface area contributed by atoms with Crippen molar-refractivity contribution in [3.63, 3.8) is 0 Å². The summed E-state index contributed by atoms with van der Waals surface area (Å²) in [6.07, 6.45) is 0.607. The standard InChI is InChI=1S/C21H20FN7O2/c1-30-18-7-6-13(10-16(18)22)8-9-23-19-12-17(24-21(25-19)31-2)14-4-3-5-15(11-14)20-26-28-29-27-20/h3-7,10-12H,8-9H2,1-2H3,(H,23,24,25)(H,26,27,28,29). The molecule has 0 aliphatic heterocycles. The van der Waals surface area contributed by atoms with Gasteiger partial charge in [-0.05, 0) is 35.4 Å². The zero-order valence-electron chi connectivity index (χ0n) is 17.0. The minimum atomic E-state index is -0.382. The van der Waals surface area contributed by atoms with Gasteiger partial charge in [0.2, 0.25) is 5.82 Å². The van der Waals surface area contributed by atoms with Crippen LogP contribution >= 0.6 is 0 Å². The van der Waals surface area contributed by atoms with Crippen LogP contribution in [0.15, 0.2) is 48.5 Å². The summed E-state index contributed by atoms with van der Waals surface area (Å²) in [4.78, 5) is 8.79. The Morgan fingerprint density at radius 1 is 1.00 bits per heavy atom. The molecule has 0 fully saturated rings. The van der Waals surface area contributed by atoms with Crippen molar-refractivity contribution >= 4 is 5.82 Å². The molecule has 10 heteroatoms. The van der Waals surface area contributed by atoms with Gasteiger partial charge in [-0.1, -0.05) is 24.3 Å². The molecule has 2 aromatic carbocycles. The fourth-order valence-electron chi connectivity index (χ4n) is 3.06. The summed E-state index contributed by atoms with van der Waals surface area (Å²) in [5, 5.41) is 17.3. The topological polar surface area (TPSA) is 111 Å². The van der Waals surface area contributed by atoms with Crippen LogP contribution in [0.4, 0.5) is 10.2 Å². The second-order valence-corrected chi connectivity index (χ2v) is 6.59. The van der Waals surface area contributed by atoms with Crippen molar-refractivity contribution in [3.05, 3.63) is 59.9 Å². The van der Waals surface area contributed by atoms with E-state index in [1.165, 1.54) is 20.3 Å². The van der Waals surface area contributed by atoms with Crippen molar-refractivity contribution in [2.24, 2.45) is 0 Å². The maximum Gasteiger partial charge on any atom is 0.318 e. The molecule has 0 spiro atoms. The number of anilines is 1. The summed E-state index contributed by atoms with van der Waals surface area (Å²) in [5.41, 5.74) is 3.18. The first-order valence-corrected chi connectivity index (χ1v) is 9.50. The lowest BCUT2D eigenvalue weighted by atomic mass is 10.1. The number of rotatable bonds is 8. The highest BCUT2D eigenvalue weighted by Crippen LogP contribution is 2.26. The molecule has 0 aliphatic rings. The Morgan fingerprint density at radius 2 is 1.87 bits per heavy atom. The number of hydrogen-bond donors (Lipinski definition) is 2. The predicted octanol–water partition coefficient (Wildman–Crippen LogP) is 3.13. The van der Waals surface area contributed by atoms with E-state index in [0.717, 1.165) is 16.7 Å². The fraction of sp³-hybridized carbons (Fsp3) is 0.190. The van der Waals surface area contributed by atoms with Crippen LogP contribution in [-0.4, -0.2) is 51.4 Å². The minimum Gasteiger partial charge on any atom is -0.494 e. The number of ether oxygens (including phenoxy) is 2. The molecule has 2 N–H and O–H groups in total. The van der Waals surface area contributed by atoms with Crippen LogP contribution in [0, 0.1) is 5.82 Å². The highest BCUT2D eigenvalue weighted by Gasteiger charge is 2.10. The van der Waals surface area contributed by atoms with Crippen LogP contribution in [0.2, 0.25) is 0 Å². The van der Waals surface area contributed by atoms with E-state index in [1.807, 2.05) is 36.4 Å². The number of aromatic nitrogens is 6. The predicted molar refractivity (Wildman–Crippen MR) is 112 cm³/mol. The lowest BCUT2D eigenvalue weighted by molar-refractivity contribution is 0.381. The van der Waals surface area contributed by atoms with E-state index >= 15 is 0 Å². The molecule has 0 saturated carbocycles. The van der Waals surface area contributed by atoms with Crippen LogP contribution in [0.25, 0.3) is 22.6 Å². The summed E-state index contributed by atoms with van der Waals surface area (Å²) in [6.45, 7) is 0.550. The number of hydrogen-bond acceptors (Lipinski definition) is 8. The molecule has 9 nitrogen and oxygen atoms in total. The quantitative estimate of drug-likeness (QED) is 0.446. The van der Waals surface area contributed by atoms with Gasteiger partial charge < -0.3 is 14.8 Å². The zero-order valence-corrected chi connectivity index (χ0v) is 17.0. The molecule has 0 radical (unpaired) electrons. The van der Waals surface area contributed by atoms with Crippen molar-refractivity contribution in [1.29, 1.82) is 0 Å². The Kier molecular flexibility index (Phi) is 5.97. The smallest absolute Gasteiger partial charge is 0.318 e. The van der Waals surface area contributed by atoms with Crippen LogP contribution in [-0.2, 0) is 6.42 Å². The Hall–Kier alpha value is -4.08. The molecule has 0 saturated heterocycles. The van der Waals surface area contributed by atoms with E-state index < -0.39 is 0 Å². The normalized spacial score (nSPS) is 10.7. The third-order valence-electron chi connectivity index (χ3n) is 4.59. The van der Waals surface area contributed by atoms with Crippen molar-refractivity contribution in [2.75, 3.05) is 26.1 Å². The molecule has 4 aromatic rings. The van der Waals surface area contributed by atoms with Gasteiger partial charge in [-0.15, -0.1) is 10.2 Å². The monoisotopic (exact) mass is 421 g/mol. The molecule has 0 bridgehead atoms. The van der Waals surface area contributed by atoms with Crippen LogP contribution in [0.3, 0.4) is 0 Å². The summed E-state index contributed by atoms with van der Waals surface area (Å²) < 4.78 is 24.1. The molecule has 0 amide bonds. The molecule has 0 atom stereocenters. The van der Waals surface area contributed by atoms with Gasteiger partial charge in [0.15, 0.2) is 11.6 Å². The van der Waals surface area contributed by atoms with Gasteiger partial charge in [0, 0.05) is 23.7 Å². The number of nitrogens with zero attached hydrogens (tertiary/aromatic N) is 5. The number of tetrazole rings is 1. The van der Waals surface area contributed by atoms with E-state index in [2.05, 4.69) is 35.9 Å². The van der Waals surface area contributed by atoms with Crippen molar-refractivity contribution in [3.8, 4) is 34.4 Å². The molecule has 158 valence electrons. The van der Waals surface area contributed by atoms with Crippen LogP contribution in [0.5, 0.6) is 11.8 Å². The van der Waals surface area contributed by atoms with Crippen molar-refractivity contribution in [1.82, 2.24) is 30.6 Å². The van der Waals surface area contributed by atoms with Crippen molar-refractivity contribution < 1.29 is 13.9 Å². The largest absolute Gasteiger partial charge is 0.494 e. The first kappa shape index (κ1) is 20.2. The van der Waals surface area contributed by atoms with Gasteiger partial charge in [0.25, 0.3) is 0 Å². The first-order valence-electron chi connectivity index (χ1n) is 9.50. The number of aromatic amines is 1. The van der Waals surface area contributed by atoms with Crippen LogP contribution in [0.1, 0.15) is 5.56 Å². The second-order valence-electron chi connectivity index (χ2n) is 6.59. The lowest BCUT2D eigenvalue weighted by Gasteiger charge is -2.10. The van der Waals surface area contributed by atoms with Gasteiger partial charge in [-0.3, -0.25) is 0 Å². The molecule has 2 heterocycles. The Labute approximate surface area is 177 Å². The maximum absolute atomic E-state index is 13.9. The van der Waals surface area contributed by atoms with Gasteiger partial charge >= 0.3 is 6.01 Å². The summed E-state index contributed by atoms with van der Waals surface area (Å²) in [5.74, 6) is 0.936. The highest BCUT2D eigenvalue weighted by atomic mass is 19.1. The molecular formula is C21H20FN7O2. The van der Waals surface area contributed by atoms with E-state index in [1.54, 1.807) is 6.07 Å². The third-order valence-corrected chi connectivity index (χ3v) is 4.59. The SMILES string of the molecule is COc1nc(NCCc2ccc(OC)c(F)c2)cc(-c2cccc(-c3nn[nH]n3)c2)n1. The van der Waals surface area contributed by atoms with Crippen LogP contribution < -0.4 is 14.8 Å². The minimum absolute atomic E-state index is 0.227. The second kappa shape index (κ2) is 9.16. The average molecular weight is 421 g/mol. The van der Waals surface area contributed by atoms with E-state index in [-0.39, 0.29) is 17.6 Å². The maximum atomic E-state index is 13.9. The molecule has 4 rings (SSSR count). The number of H-pyrrole nitrogens is 1. The molecule has 2 aromatic heterocycles. The van der Waals surface area contributed by atoms with E-state index in [0.29, 0.717) is 30.3 Å². The van der Waals surface area contributed by atoms with Gasteiger partial charge in [-0.2, -0.15) is 15.2 Å². The molecular weight excluding hydrogens is 401 g/mol. The number of halogens is 1. The zero-order chi connectivity index (χ0) is 21.6. The Balaban J connectivity index is 1.51. The summed E-state index contributed by atoms with van der Waals surface area (Å²) in [7, 11) is 2.95. The Bertz CT molecular complexity index is 1170. The number of nitrogens with one attached hydrogen (secondary N) is 2. The number of methoxy groups -OCH3 is 2. The first-order chi connectivity index (χ1) is 15.2.